The lowest BCUT2D eigenvalue weighted by atomic mass is 9.43. The van der Waals surface area contributed by atoms with Crippen molar-refractivity contribution >= 4 is 5.91 Å². The molecule has 4 aliphatic carbocycles. The maximum Gasteiger partial charge on any atom is 0.223 e. The van der Waals surface area contributed by atoms with Crippen molar-refractivity contribution in [1.82, 2.24) is 20.2 Å². The molecule has 2 N–H and O–H groups in total. The van der Waals surface area contributed by atoms with Crippen LogP contribution in [0.4, 0.5) is 0 Å². The molecule has 2 aromatic rings. The van der Waals surface area contributed by atoms with Gasteiger partial charge in [-0.15, -0.1) is 10.2 Å². The summed E-state index contributed by atoms with van der Waals surface area (Å²) in [6, 6.07) is 10.2. The fraction of sp³-hybridized carbons (Fsp3) is 0.550. The van der Waals surface area contributed by atoms with Gasteiger partial charge in [0.2, 0.25) is 5.91 Å². The van der Waals surface area contributed by atoms with Gasteiger partial charge in [0.25, 0.3) is 0 Å². The average molecular weight is 350 g/mol. The Balaban J connectivity index is 1.36. The molecule has 1 radical (unpaired) electrons. The summed E-state index contributed by atoms with van der Waals surface area (Å²) >= 11 is 0. The van der Waals surface area contributed by atoms with Crippen LogP contribution in [0.5, 0.6) is 0 Å². The van der Waals surface area contributed by atoms with E-state index in [1.165, 1.54) is 12.8 Å². The molecule has 4 atom stereocenters. The number of nitrogens with zero attached hydrogens (tertiary/aromatic N) is 4. The minimum absolute atomic E-state index is 0.107. The number of benzene rings is 1. The first-order valence-electron chi connectivity index (χ1n) is 9.51. The van der Waals surface area contributed by atoms with E-state index < -0.39 is 5.41 Å². The van der Waals surface area contributed by atoms with E-state index in [-0.39, 0.29) is 11.3 Å². The molecule has 135 valence electrons. The molecule has 4 aliphatic rings. The molecule has 0 saturated heterocycles. The third kappa shape index (κ3) is 2.63. The minimum Gasteiger partial charge on any atom is -0.369 e. The van der Waals surface area contributed by atoms with Crippen LogP contribution in [0.1, 0.15) is 43.5 Å². The second kappa shape index (κ2) is 5.63. The van der Waals surface area contributed by atoms with E-state index in [2.05, 4.69) is 34.0 Å². The second-order valence-electron chi connectivity index (χ2n) is 8.74. The predicted molar refractivity (Wildman–Crippen MR) is 95.5 cm³/mol. The van der Waals surface area contributed by atoms with Crippen molar-refractivity contribution in [3.05, 3.63) is 48.1 Å². The molecule has 6 rings (SSSR count). The lowest BCUT2D eigenvalue weighted by Crippen LogP contribution is -2.57. The van der Waals surface area contributed by atoms with Crippen LogP contribution in [0.15, 0.2) is 30.3 Å². The molecule has 4 saturated carbocycles. The third-order valence-electron chi connectivity index (χ3n) is 6.64. The van der Waals surface area contributed by atoms with Gasteiger partial charge in [-0.25, -0.2) is 0 Å². The highest BCUT2D eigenvalue weighted by molar-refractivity contribution is 5.83. The van der Waals surface area contributed by atoms with Crippen LogP contribution in [0.3, 0.4) is 0 Å². The summed E-state index contributed by atoms with van der Waals surface area (Å²) in [5.41, 5.74) is 6.69. The smallest absolute Gasteiger partial charge is 0.223 e. The van der Waals surface area contributed by atoms with Crippen LogP contribution in [0.2, 0.25) is 0 Å². The Bertz CT molecular complexity index is 816. The molecule has 26 heavy (non-hydrogen) atoms. The molecule has 6 heteroatoms. The Kier molecular flexibility index (Phi) is 3.46. The Hall–Kier alpha value is -2.24. The monoisotopic (exact) mass is 350 g/mol. The van der Waals surface area contributed by atoms with Crippen molar-refractivity contribution in [2.45, 2.75) is 45.1 Å². The van der Waals surface area contributed by atoms with E-state index in [1.54, 1.807) is 4.80 Å². The van der Waals surface area contributed by atoms with Gasteiger partial charge in [0.1, 0.15) is 0 Å². The van der Waals surface area contributed by atoms with Gasteiger partial charge in [-0.2, -0.15) is 4.80 Å². The summed E-state index contributed by atoms with van der Waals surface area (Å²) < 4.78 is 0. The molecule has 1 aromatic carbocycles. The SMILES string of the molecule is NC(=O)C12[CH]C3CC(CC(Cc4nnn(Cc5ccccc5)n4)(C3)C1)C2. The number of aromatic nitrogens is 4. The zero-order chi connectivity index (χ0) is 17.8. The van der Waals surface area contributed by atoms with Gasteiger partial charge in [-0.1, -0.05) is 30.3 Å². The summed E-state index contributed by atoms with van der Waals surface area (Å²) in [7, 11) is 0. The molecule has 4 bridgehead atoms. The first-order valence-corrected chi connectivity index (χ1v) is 9.51. The Labute approximate surface area is 153 Å². The maximum atomic E-state index is 12.2. The van der Waals surface area contributed by atoms with E-state index in [1.807, 2.05) is 18.2 Å². The van der Waals surface area contributed by atoms with Crippen molar-refractivity contribution in [2.75, 3.05) is 0 Å². The molecule has 1 heterocycles. The van der Waals surface area contributed by atoms with Crippen LogP contribution < -0.4 is 5.73 Å². The number of hydrogen-bond acceptors (Lipinski definition) is 4. The molecule has 4 unspecified atom stereocenters. The molecule has 4 fully saturated rings. The molecular weight excluding hydrogens is 326 g/mol. The van der Waals surface area contributed by atoms with Crippen LogP contribution in [0, 0.1) is 29.1 Å². The van der Waals surface area contributed by atoms with Crippen LogP contribution in [-0.2, 0) is 17.8 Å². The molecular formula is C20H24N5O. The number of primary amides is 1. The van der Waals surface area contributed by atoms with E-state index >= 15 is 0 Å². The number of amides is 1. The predicted octanol–water partition coefficient (Wildman–Crippen LogP) is 2.15. The summed E-state index contributed by atoms with van der Waals surface area (Å²) in [6.07, 6.45) is 8.38. The number of tetrazole rings is 1. The number of nitrogens with two attached hydrogens (primary N) is 1. The highest BCUT2D eigenvalue weighted by atomic mass is 16.1. The van der Waals surface area contributed by atoms with E-state index in [4.69, 9.17) is 5.73 Å². The highest BCUT2D eigenvalue weighted by Crippen LogP contribution is 2.65. The van der Waals surface area contributed by atoms with Gasteiger partial charge in [-0.05, 0) is 66.6 Å². The minimum atomic E-state index is -0.399. The Morgan fingerprint density at radius 2 is 2.08 bits per heavy atom. The van der Waals surface area contributed by atoms with Gasteiger partial charge in [-0.3, -0.25) is 4.79 Å². The summed E-state index contributed by atoms with van der Waals surface area (Å²) in [6.45, 7) is 0.630. The van der Waals surface area contributed by atoms with Gasteiger partial charge in [0.05, 0.1) is 12.0 Å². The van der Waals surface area contributed by atoms with E-state index in [9.17, 15) is 4.79 Å². The highest BCUT2D eigenvalue weighted by Gasteiger charge is 2.60. The molecule has 0 spiro atoms. The Morgan fingerprint density at radius 3 is 2.85 bits per heavy atom. The first kappa shape index (κ1) is 16.0. The normalized spacial score (nSPS) is 34.9. The fourth-order valence-corrected chi connectivity index (χ4v) is 6.08. The second-order valence-corrected chi connectivity index (χ2v) is 8.74. The summed E-state index contributed by atoms with van der Waals surface area (Å²) in [5.74, 6) is 1.78. The molecule has 6 nitrogen and oxygen atoms in total. The number of carbonyl (C=O) groups excluding carboxylic acids is 1. The van der Waals surface area contributed by atoms with Crippen molar-refractivity contribution in [1.29, 1.82) is 0 Å². The third-order valence-corrected chi connectivity index (χ3v) is 6.64. The number of rotatable bonds is 5. The number of hydrogen-bond donors (Lipinski definition) is 1. The fourth-order valence-electron chi connectivity index (χ4n) is 6.08. The first-order chi connectivity index (χ1) is 12.5. The summed E-state index contributed by atoms with van der Waals surface area (Å²) in [4.78, 5) is 13.9. The summed E-state index contributed by atoms with van der Waals surface area (Å²) in [5, 5.41) is 13.2. The van der Waals surface area contributed by atoms with E-state index in [0.29, 0.717) is 18.4 Å². The van der Waals surface area contributed by atoms with Crippen molar-refractivity contribution in [3.8, 4) is 0 Å². The zero-order valence-electron chi connectivity index (χ0n) is 14.8. The molecule has 1 aromatic heterocycles. The van der Waals surface area contributed by atoms with Gasteiger partial charge in [0.15, 0.2) is 5.82 Å². The Morgan fingerprint density at radius 1 is 1.23 bits per heavy atom. The van der Waals surface area contributed by atoms with Crippen LogP contribution >= 0.6 is 0 Å². The lowest BCUT2D eigenvalue weighted by molar-refractivity contribution is -0.142. The van der Waals surface area contributed by atoms with Crippen molar-refractivity contribution in [2.24, 2.45) is 28.4 Å². The molecule has 0 aliphatic heterocycles. The van der Waals surface area contributed by atoms with Crippen LogP contribution in [0.25, 0.3) is 0 Å². The van der Waals surface area contributed by atoms with Crippen molar-refractivity contribution in [3.63, 3.8) is 0 Å². The standard InChI is InChI=1S/C20H24N5O/c21-18(26)20-9-15-6-16(10-20)8-19(7-15,13-20)11-17-22-24-25(23-17)12-14-4-2-1-3-5-14/h1-5,9,15-16H,6-8,10-13H2,(H2,21,26). The van der Waals surface area contributed by atoms with E-state index in [0.717, 1.165) is 37.1 Å². The lowest BCUT2D eigenvalue weighted by Gasteiger charge is -2.60. The zero-order valence-corrected chi connectivity index (χ0v) is 14.8. The van der Waals surface area contributed by atoms with Crippen molar-refractivity contribution < 1.29 is 4.79 Å². The van der Waals surface area contributed by atoms with Gasteiger partial charge in [0, 0.05) is 6.42 Å². The quantitative estimate of drug-likeness (QED) is 0.895. The maximum absolute atomic E-state index is 12.2. The largest absolute Gasteiger partial charge is 0.369 e. The topological polar surface area (TPSA) is 86.7 Å². The molecule has 1 amide bonds. The van der Waals surface area contributed by atoms with Gasteiger partial charge >= 0.3 is 0 Å². The van der Waals surface area contributed by atoms with Crippen LogP contribution in [-0.4, -0.2) is 26.1 Å². The van der Waals surface area contributed by atoms with Gasteiger partial charge < -0.3 is 5.73 Å². The number of carbonyl (C=O) groups is 1. The average Bonchev–Trinajstić information content (AvgIpc) is 3.00.